The van der Waals surface area contributed by atoms with Crippen molar-refractivity contribution in [2.45, 2.75) is 11.3 Å². The van der Waals surface area contributed by atoms with Gasteiger partial charge in [0.15, 0.2) is 10.2 Å². The molecule has 0 saturated carbocycles. The first-order valence-corrected chi connectivity index (χ1v) is 8.92. The number of carbonyl (C=O) groups excluding carboxylic acids is 1. The highest BCUT2D eigenvalue weighted by molar-refractivity contribution is 8.01. The van der Waals surface area contributed by atoms with E-state index in [0.717, 1.165) is 15.7 Å². The predicted octanol–water partition coefficient (Wildman–Crippen LogP) is 3.24. The molecule has 0 fully saturated rings. The molecule has 0 bridgehead atoms. The lowest BCUT2D eigenvalue weighted by molar-refractivity contribution is -0.113. The van der Waals surface area contributed by atoms with E-state index in [1.807, 2.05) is 42.6 Å². The Hall–Kier alpha value is -2.63. The van der Waals surface area contributed by atoms with Crippen LogP contribution < -0.4 is 5.32 Å². The monoisotopic (exact) mass is 355 g/mol. The van der Waals surface area contributed by atoms with Crippen molar-refractivity contribution in [2.24, 2.45) is 0 Å². The largest absolute Gasteiger partial charge is 0.309 e. The fourth-order valence-electron chi connectivity index (χ4n) is 2.01. The molecule has 1 N–H and O–H groups in total. The van der Waals surface area contributed by atoms with Gasteiger partial charge < -0.3 is 5.32 Å². The van der Waals surface area contributed by atoms with E-state index >= 15 is 0 Å². The third-order valence-corrected chi connectivity index (χ3v) is 5.21. The maximum Gasteiger partial charge on any atom is 0.236 e. The topological polar surface area (TPSA) is 83.6 Å². The quantitative estimate of drug-likeness (QED) is 0.710. The van der Waals surface area contributed by atoms with Crippen LogP contribution in [0.1, 0.15) is 11.3 Å². The summed E-state index contributed by atoms with van der Waals surface area (Å²) in [5.41, 5.74) is 2.04. The van der Waals surface area contributed by atoms with Gasteiger partial charge in [0.25, 0.3) is 0 Å². The molecule has 6 nitrogen and oxygen atoms in total. The molecule has 3 rings (SSSR count). The minimum Gasteiger partial charge on any atom is -0.309 e. The maximum atomic E-state index is 12.2. The number of thioether (sulfide) groups is 1. The first-order valence-electron chi connectivity index (χ1n) is 7.05. The molecule has 24 heavy (non-hydrogen) atoms. The SMILES string of the molecule is Cc1csc(SCC(=O)Nc2c(C#N)cnn2-c2ccccc2)n1. The van der Waals surface area contributed by atoms with E-state index < -0.39 is 0 Å². The second-order valence-corrected chi connectivity index (χ2v) is 6.94. The van der Waals surface area contributed by atoms with E-state index in [1.54, 1.807) is 4.68 Å². The van der Waals surface area contributed by atoms with Crippen LogP contribution in [-0.2, 0) is 4.79 Å². The molecule has 2 heterocycles. The summed E-state index contributed by atoms with van der Waals surface area (Å²) in [6, 6.07) is 11.4. The molecule has 120 valence electrons. The molecule has 0 aliphatic rings. The summed E-state index contributed by atoms with van der Waals surface area (Å²) >= 11 is 2.88. The highest BCUT2D eigenvalue weighted by atomic mass is 32.2. The van der Waals surface area contributed by atoms with Gasteiger partial charge in [-0.1, -0.05) is 30.0 Å². The number of rotatable bonds is 5. The van der Waals surface area contributed by atoms with Gasteiger partial charge in [0, 0.05) is 11.1 Å². The number of nitriles is 1. The number of para-hydroxylation sites is 1. The summed E-state index contributed by atoms with van der Waals surface area (Å²) in [7, 11) is 0. The average molecular weight is 355 g/mol. The Morgan fingerprint density at radius 2 is 2.21 bits per heavy atom. The highest BCUT2D eigenvalue weighted by Crippen LogP contribution is 2.23. The summed E-state index contributed by atoms with van der Waals surface area (Å²) in [6.45, 7) is 1.91. The number of hydrogen-bond acceptors (Lipinski definition) is 6. The molecular weight excluding hydrogens is 342 g/mol. The molecule has 0 aliphatic heterocycles. The molecule has 8 heteroatoms. The van der Waals surface area contributed by atoms with Gasteiger partial charge in [0.1, 0.15) is 11.6 Å². The number of aromatic nitrogens is 3. The van der Waals surface area contributed by atoms with Crippen LogP contribution in [0.15, 0.2) is 46.2 Å². The van der Waals surface area contributed by atoms with E-state index in [4.69, 9.17) is 0 Å². The Bertz CT molecular complexity index is 895. The molecule has 2 aromatic heterocycles. The van der Waals surface area contributed by atoms with Crippen molar-refractivity contribution in [2.75, 3.05) is 11.1 Å². The van der Waals surface area contributed by atoms with E-state index in [9.17, 15) is 10.1 Å². The van der Waals surface area contributed by atoms with E-state index in [-0.39, 0.29) is 11.7 Å². The summed E-state index contributed by atoms with van der Waals surface area (Å²) in [6.07, 6.45) is 1.44. The van der Waals surface area contributed by atoms with Crippen LogP contribution in [0.25, 0.3) is 5.69 Å². The first-order chi connectivity index (χ1) is 11.7. The van der Waals surface area contributed by atoms with Crippen molar-refractivity contribution in [3.63, 3.8) is 0 Å². The zero-order chi connectivity index (χ0) is 16.9. The van der Waals surface area contributed by atoms with Crippen molar-refractivity contribution >= 4 is 34.8 Å². The highest BCUT2D eigenvalue weighted by Gasteiger charge is 2.15. The Morgan fingerprint density at radius 3 is 2.88 bits per heavy atom. The van der Waals surface area contributed by atoms with Crippen molar-refractivity contribution < 1.29 is 4.79 Å². The number of thiazole rings is 1. The summed E-state index contributed by atoms with van der Waals surface area (Å²) < 4.78 is 2.40. The second kappa shape index (κ2) is 7.29. The smallest absolute Gasteiger partial charge is 0.236 e. The molecule has 3 aromatic rings. The average Bonchev–Trinajstić information content (AvgIpc) is 3.20. The van der Waals surface area contributed by atoms with Crippen LogP contribution in [0.3, 0.4) is 0 Å². The lowest BCUT2D eigenvalue weighted by Crippen LogP contribution is -2.17. The number of nitrogens with zero attached hydrogens (tertiary/aromatic N) is 4. The van der Waals surface area contributed by atoms with Crippen LogP contribution in [0.4, 0.5) is 5.82 Å². The van der Waals surface area contributed by atoms with Gasteiger partial charge in [0.05, 0.1) is 17.6 Å². The number of benzene rings is 1. The Labute approximate surface area is 147 Å². The molecule has 0 spiro atoms. The number of amides is 1. The third kappa shape index (κ3) is 3.64. The van der Waals surface area contributed by atoms with Crippen molar-refractivity contribution in [3.8, 4) is 11.8 Å². The molecule has 0 aliphatic carbocycles. The zero-order valence-corrected chi connectivity index (χ0v) is 14.4. The number of aryl methyl sites for hydroxylation is 1. The van der Waals surface area contributed by atoms with E-state index in [1.165, 1.54) is 29.3 Å². The number of nitrogens with one attached hydrogen (secondary N) is 1. The van der Waals surface area contributed by atoms with Crippen LogP contribution in [-0.4, -0.2) is 26.4 Å². The van der Waals surface area contributed by atoms with E-state index in [2.05, 4.69) is 21.5 Å². The molecule has 0 unspecified atom stereocenters. The minimum absolute atomic E-state index is 0.206. The fraction of sp³-hybridized carbons (Fsp3) is 0.125. The molecule has 0 radical (unpaired) electrons. The van der Waals surface area contributed by atoms with Crippen LogP contribution in [0.5, 0.6) is 0 Å². The summed E-state index contributed by atoms with van der Waals surface area (Å²) in [5.74, 6) is 0.393. The zero-order valence-electron chi connectivity index (χ0n) is 12.8. The van der Waals surface area contributed by atoms with Crippen LogP contribution >= 0.6 is 23.1 Å². The minimum atomic E-state index is -0.206. The number of anilines is 1. The molecule has 0 atom stereocenters. The normalized spacial score (nSPS) is 10.3. The van der Waals surface area contributed by atoms with Gasteiger partial charge in [-0.05, 0) is 19.1 Å². The Balaban J connectivity index is 1.75. The molecule has 0 saturated heterocycles. The van der Waals surface area contributed by atoms with Crippen molar-refractivity contribution in [1.82, 2.24) is 14.8 Å². The molecule has 1 aromatic carbocycles. The predicted molar refractivity (Wildman–Crippen MR) is 94.5 cm³/mol. The van der Waals surface area contributed by atoms with Gasteiger partial charge in [-0.3, -0.25) is 4.79 Å². The van der Waals surface area contributed by atoms with E-state index in [0.29, 0.717) is 11.4 Å². The van der Waals surface area contributed by atoms with Crippen LogP contribution in [0.2, 0.25) is 0 Å². The first kappa shape index (κ1) is 16.2. The van der Waals surface area contributed by atoms with Gasteiger partial charge in [-0.25, -0.2) is 9.67 Å². The van der Waals surface area contributed by atoms with Gasteiger partial charge in [-0.15, -0.1) is 11.3 Å². The van der Waals surface area contributed by atoms with Gasteiger partial charge in [-0.2, -0.15) is 10.4 Å². The molecule has 1 amide bonds. The van der Waals surface area contributed by atoms with Crippen LogP contribution in [0, 0.1) is 18.3 Å². The number of carbonyl (C=O) groups is 1. The fourth-order valence-corrected chi connectivity index (χ4v) is 3.66. The second-order valence-electron chi connectivity index (χ2n) is 4.86. The van der Waals surface area contributed by atoms with Gasteiger partial charge in [0.2, 0.25) is 5.91 Å². The standard InChI is InChI=1S/C16H13N5OS2/c1-11-9-23-16(19-11)24-10-14(22)20-15-12(7-17)8-18-21(15)13-5-3-2-4-6-13/h2-6,8-9H,10H2,1H3,(H,20,22). The van der Waals surface area contributed by atoms with Gasteiger partial charge >= 0.3 is 0 Å². The third-order valence-electron chi connectivity index (χ3n) is 3.07. The maximum absolute atomic E-state index is 12.2. The Morgan fingerprint density at radius 1 is 1.42 bits per heavy atom. The number of hydrogen-bond donors (Lipinski definition) is 1. The molecular formula is C16H13N5OS2. The lowest BCUT2D eigenvalue weighted by Gasteiger charge is -2.09. The van der Waals surface area contributed by atoms with Crippen molar-refractivity contribution in [1.29, 1.82) is 5.26 Å². The van der Waals surface area contributed by atoms with Crippen molar-refractivity contribution in [3.05, 3.63) is 53.2 Å². The summed E-state index contributed by atoms with van der Waals surface area (Å²) in [5, 5.41) is 18.2. The summed E-state index contributed by atoms with van der Waals surface area (Å²) in [4.78, 5) is 16.5. The Kier molecular flexibility index (Phi) is 4.93. The lowest BCUT2D eigenvalue weighted by atomic mass is 10.3.